The normalized spacial score (nSPS) is 16.0. The van der Waals surface area contributed by atoms with Crippen LogP contribution in [0.25, 0.3) is 27.1 Å². The van der Waals surface area contributed by atoms with E-state index in [9.17, 15) is 0 Å². The van der Waals surface area contributed by atoms with Crippen LogP contribution in [-0.4, -0.2) is 8.07 Å². The summed E-state index contributed by atoms with van der Waals surface area (Å²) in [6, 6.07) is 22.6. The molecule has 3 aromatic carbocycles. The van der Waals surface area contributed by atoms with Crippen molar-refractivity contribution in [3.63, 3.8) is 0 Å². The third-order valence-corrected chi connectivity index (χ3v) is 13.2. The minimum absolute atomic E-state index is 0. The number of allylic oxidation sites excluding steroid dienone is 1. The van der Waals surface area contributed by atoms with Crippen LogP contribution in [0.2, 0.25) is 13.1 Å². The average molecular weight is 644 g/mol. The molecule has 0 amide bonds. The summed E-state index contributed by atoms with van der Waals surface area (Å²) in [6.07, 6.45) is 6.54. The number of unbranched alkanes of at least 4 members (excludes halogenated alkanes) is 3. The van der Waals surface area contributed by atoms with Crippen LogP contribution in [0.5, 0.6) is 0 Å². The molecule has 3 heterocycles. The van der Waals surface area contributed by atoms with Gasteiger partial charge in [0.15, 0.2) is 0 Å². The number of halogens is 2. The van der Waals surface area contributed by atoms with Gasteiger partial charge >= 0.3 is 26.2 Å². The van der Waals surface area contributed by atoms with E-state index < -0.39 is 8.07 Å². The molecule has 2 aliphatic heterocycles. The molecule has 0 saturated carbocycles. The molecule has 5 heteroatoms. The summed E-state index contributed by atoms with van der Waals surface area (Å²) in [6.45, 7) is 11.8. The Morgan fingerprint density at radius 3 is 2.27 bits per heavy atom. The molecule has 0 saturated heterocycles. The molecule has 4 aromatic rings. The van der Waals surface area contributed by atoms with Gasteiger partial charge in [-0.15, -0.1) is 45.9 Å². The van der Waals surface area contributed by atoms with Gasteiger partial charge in [0.1, 0.15) is 0 Å². The van der Waals surface area contributed by atoms with Crippen molar-refractivity contribution in [3.05, 3.63) is 93.2 Å². The Kier molecular flexibility index (Phi) is 11.8. The Morgan fingerprint density at radius 1 is 0.892 bits per heavy atom. The first-order valence-corrected chi connectivity index (χ1v) is 16.9. The van der Waals surface area contributed by atoms with E-state index in [1.165, 1.54) is 65.1 Å². The van der Waals surface area contributed by atoms with E-state index in [-0.39, 0.29) is 51.0 Å². The molecule has 2 bridgehead atoms. The van der Waals surface area contributed by atoms with Crippen LogP contribution >= 0.6 is 11.3 Å². The van der Waals surface area contributed by atoms with Crippen molar-refractivity contribution in [1.29, 1.82) is 0 Å². The summed E-state index contributed by atoms with van der Waals surface area (Å²) >= 11 is 1.96. The second-order valence-corrected chi connectivity index (χ2v) is 16.2. The number of aryl methyl sites for hydroxylation is 2. The van der Waals surface area contributed by atoms with Gasteiger partial charge in [0, 0.05) is 10.4 Å². The number of benzene rings is 2. The first-order chi connectivity index (χ1) is 16.4. The van der Waals surface area contributed by atoms with E-state index in [1.807, 2.05) is 11.3 Å². The SMILES string of the molecule is CC1=C2c3ccsc3C1[Si]2(C)C.CCCCCCc1ccc(-c2cccc3[cH-]c(C)cc23)cc1.[Cl-].[Cl-].[Zr+3]. The first-order valence-electron chi connectivity index (χ1n) is 13.0. The van der Waals surface area contributed by atoms with E-state index in [1.54, 1.807) is 21.2 Å². The predicted molar refractivity (Wildman–Crippen MR) is 155 cm³/mol. The van der Waals surface area contributed by atoms with Crippen LogP contribution < -0.4 is 24.8 Å². The molecule has 1 unspecified atom stereocenters. The predicted octanol–water partition coefficient (Wildman–Crippen LogP) is 4.08. The maximum absolute atomic E-state index is 2.51. The fourth-order valence-corrected chi connectivity index (χ4v) is 12.6. The van der Waals surface area contributed by atoms with Gasteiger partial charge in [-0.2, -0.15) is 6.07 Å². The molecule has 0 fully saturated rings. The largest absolute Gasteiger partial charge is 3.00 e. The van der Waals surface area contributed by atoms with Crippen molar-refractivity contribution < 1.29 is 51.0 Å². The summed E-state index contributed by atoms with van der Waals surface area (Å²) in [7, 11) is -0.972. The fraction of sp³-hybridized carbons (Fsp3) is 0.344. The molecule has 3 aliphatic rings. The third kappa shape index (κ3) is 6.17. The molecule has 0 N–H and O–H groups in total. The van der Waals surface area contributed by atoms with Gasteiger partial charge in [-0.05, 0) is 47.9 Å². The van der Waals surface area contributed by atoms with Crippen molar-refractivity contribution in [2.24, 2.45) is 0 Å². The first kappa shape index (κ1) is 32.4. The van der Waals surface area contributed by atoms with Crippen LogP contribution in [0.4, 0.5) is 0 Å². The maximum Gasteiger partial charge on any atom is 3.00 e. The maximum atomic E-state index is 2.51. The van der Waals surface area contributed by atoms with Gasteiger partial charge < -0.3 is 24.8 Å². The van der Waals surface area contributed by atoms with Crippen molar-refractivity contribution in [2.45, 2.75) is 71.5 Å². The van der Waals surface area contributed by atoms with Gasteiger partial charge in [0.2, 0.25) is 0 Å². The van der Waals surface area contributed by atoms with Crippen molar-refractivity contribution in [2.75, 3.05) is 0 Å². The summed E-state index contributed by atoms with van der Waals surface area (Å²) < 4.78 is 0. The smallest absolute Gasteiger partial charge is 1.00 e. The average Bonchev–Trinajstić information content (AvgIpc) is 3.53. The number of rotatable bonds is 6. The van der Waals surface area contributed by atoms with Crippen LogP contribution in [0.15, 0.2) is 71.6 Å². The minimum atomic E-state index is -0.972. The van der Waals surface area contributed by atoms with Gasteiger partial charge in [0.05, 0.1) is 8.07 Å². The van der Waals surface area contributed by atoms with Gasteiger partial charge in [-0.3, -0.25) is 0 Å². The number of hydrogen-bond acceptors (Lipinski definition) is 1. The van der Waals surface area contributed by atoms with Crippen LogP contribution in [-0.2, 0) is 32.6 Å². The molecular formula is C32H37Cl2SSiZr. The zero-order valence-corrected chi connectivity index (χ0v) is 28.4. The Balaban J connectivity index is 0.000000274. The van der Waals surface area contributed by atoms with Gasteiger partial charge in [0.25, 0.3) is 0 Å². The molecule has 37 heavy (non-hydrogen) atoms. The van der Waals surface area contributed by atoms with Crippen molar-refractivity contribution >= 4 is 35.4 Å². The fourth-order valence-electron chi connectivity index (χ4n) is 6.34. The van der Waals surface area contributed by atoms with Crippen molar-refractivity contribution in [1.82, 2.24) is 0 Å². The van der Waals surface area contributed by atoms with Gasteiger partial charge in [-0.1, -0.05) is 92.9 Å². The molecular weight excluding hydrogens is 607 g/mol. The number of fused-ring (bicyclic) bond motifs is 1. The third-order valence-electron chi connectivity index (χ3n) is 7.90. The van der Waals surface area contributed by atoms with E-state index in [2.05, 4.69) is 99.9 Å². The molecule has 1 aliphatic carbocycles. The van der Waals surface area contributed by atoms with Crippen LogP contribution in [0, 0.1) is 6.92 Å². The minimum Gasteiger partial charge on any atom is -1.00 e. The summed E-state index contributed by atoms with van der Waals surface area (Å²) in [5.41, 5.74) is 9.67. The number of hydrogen-bond donors (Lipinski definition) is 0. The summed E-state index contributed by atoms with van der Waals surface area (Å²) in [5, 5.41) is 6.73. The van der Waals surface area contributed by atoms with E-state index in [0.717, 1.165) is 5.54 Å². The second-order valence-electron chi connectivity index (χ2n) is 10.8. The van der Waals surface area contributed by atoms with Crippen molar-refractivity contribution in [3.8, 4) is 11.1 Å². The van der Waals surface area contributed by atoms with Crippen LogP contribution in [0.1, 0.15) is 66.6 Å². The van der Waals surface area contributed by atoms with E-state index >= 15 is 0 Å². The summed E-state index contributed by atoms with van der Waals surface area (Å²) in [5.74, 6) is 0. The van der Waals surface area contributed by atoms with Crippen LogP contribution in [0.3, 0.4) is 0 Å². The Hall–Kier alpha value is -0.830. The zero-order valence-electron chi connectivity index (χ0n) is 22.6. The molecule has 7 rings (SSSR count). The molecule has 193 valence electrons. The Labute approximate surface area is 260 Å². The summed E-state index contributed by atoms with van der Waals surface area (Å²) in [4.78, 5) is 1.68. The Bertz CT molecular complexity index is 1350. The monoisotopic (exact) mass is 641 g/mol. The quantitative estimate of drug-likeness (QED) is 0.169. The standard InChI is InChI=1S/C22H25.C10H12SSi.2ClH.Zr/c1-3-4-5-6-8-18-11-13-19(14-12-18)21-10-7-9-20-15-17(2)16-22(20)21;1-6-9-7-4-5-11-8(7)10(6)12(9,2)3;;;/h7,9-16H,3-6,8H2,1-2H3;4-5,10H,1-3H3;2*1H;/q-1;;;;+3/p-2. The molecule has 1 radical (unpaired) electrons. The second kappa shape index (κ2) is 13.5. The zero-order chi connectivity index (χ0) is 23.9. The molecule has 1 atom stereocenters. The number of thiophene rings is 1. The van der Waals surface area contributed by atoms with E-state index in [0.29, 0.717) is 0 Å². The molecule has 0 nitrogen and oxygen atoms in total. The molecule has 0 spiro atoms. The Morgan fingerprint density at radius 2 is 1.62 bits per heavy atom. The van der Waals surface area contributed by atoms with Gasteiger partial charge in [-0.25, -0.2) is 0 Å². The topological polar surface area (TPSA) is 0 Å². The van der Waals surface area contributed by atoms with E-state index in [4.69, 9.17) is 0 Å². The molecule has 1 aromatic heterocycles.